The third-order valence-electron chi connectivity index (χ3n) is 0.188. The predicted molar refractivity (Wildman–Crippen MR) is 37.7 cm³/mol. The van der Waals surface area contributed by atoms with E-state index in [-0.39, 0.29) is 51.4 Å². The van der Waals surface area contributed by atoms with Crippen LogP contribution < -0.4 is 0 Å². The van der Waals surface area contributed by atoms with Gasteiger partial charge >= 0.3 is 72.2 Å². The fourth-order valence-corrected chi connectivity index (χ4v) is 0. The van der Waals surface area contributed by atoms with Crippen molar-refractivity contribution in [1.29, 1.82) is 0 Å². The second kappa shape index (κ2) is 8.59. The topological polar surface area (TPSA) is 168 Å². The van der Waals surface area contributed by atoms with E-state index in [2.05, 4.69) is 8.67 Å². The van der Waals surface area contributed by atoms with Gasteiger partial charge in [0.2, 0.25) is 0 Å². The zero-order valence-electron chi connectivity index (χ0n) is 5.05. The molecule has 0 heterocycles. The van der Waals surface area contributed by atoms with Gasteiger partial charge in [-0.15, -0.1) is 0 Å². The molecule has 0 radical (unpaired) electrons. The summed E-state index contributed by atoms with van der Waals surface area (Å²) in [5.74, 6) is 0. The van der Waals surface area contributed by atoms with Crippen LogP contribution in [0.1, 0.15) is 0 Å². The molecule has 0 aliphatic rings. The van der Waals surface area contributed by atoms with Gasteiger partial charge in [-0.2, -0.15) is 16.8 Å². The Morgan fingerprint density at radius 3 is 0.846 bits per heavy atom. The van der Waals surface area contributed by atoms with Crippen molar-refractivity contribution in [3.63, 3.8) is 0 Å². The van der Waals surface area contributed by atoms with Crippen molar-refractivity contribution < 1.29 is 45.1 Å². The van der Waals surface area contributed by atoms with E-state index in [0.29, 0.717) is 0 Å². The van der Waals surface area contributed by atoms with Crippen molar-refractivity contribution in [1.82, 2.24) is 0 Å². The zero-order valence-corrected chi connectivity index (χ0v) is 6.69. The standard InChI is InChI=1S/K.2H2O5S.H/c;2*1-5-6(2,3)4;/h;2*1H,(H,2,3,4);. The number of hydrogen-bond acceptors (Lipinski definition) is 8. The molecule has 0 saturated heterocycles. The van der Waals surface area contributed by atoms with Crippen LogP contribution in [0.4, 0.5) is 0 Å². The summed E-state index contributed by atoms with van der Waals surface area (Å²) in [5.41, 5.74) is 0. The van der Waals surface area contributed by atoms with Crippen molar-refractivity contribution in [2.75, 3.05) is 0 Å². The van der Waals surface area contributed by atoms with Crippen LogP contribution in [0.2, 0.25) is 0 Å². The maximum atomic E-state index is 9.08. The molecule has 10 nitrogen and oxygen atoms in total. The monoisotopic (exact) mass is 268 g/mol. The van der Waals surface area contributed by atoms with Crippen LogP contribution in [0.15, 0.2) is 0 Å². The minimum atomic E-state index is -4.61. The summed E-state index contributed by atoms with van der Waals surface area (Å²) in [6, 6.07) is 0. The number of rotatable bonds is 2. The predicted octanol–water partition coefficient (Wildman–Crippen LogP) is -2.09. The van der Waals surface area contributed by atoms with Gasteiger partial charge < -0.3 is 0 Å². The molecular formula is H5KO10S2. The molecule has 0 aromatic rings. The molecule has 0 spiro atoms. The van der Waals surface area contributed by atoms with E-state index >= 15 is 0 Å². The Morgan fingerprint density at radius 2 is 0.846 bits per heavy atom. The Balaban J connectivity index is -0.000000143. The summed E-state index contributed by atoms with van der Waals surface area (Å²) in [5, 5.41) is 14.1. The average Bonchev–Trinajstić information content (AvgIpc) is 1.86. The average molecular weight is 268 g/mol. The zero-order chi connectivity index (χ0) is 10.4. The summed E-state index contributed by atoms with van der Waals surface area (Å²) in [6.45, 7) is 0. The van der Waals surface area contributed by atoms with Crippen LogP contribution in [0.3, 0.4) is 0 Å². The van der Waals surface area contributed by atoms with Crippen LogP contribution in [0.5, 0.6) is 0 Å². The molecule has 0 bridgehead atoms. The molecule has 0 aliphatic carbocycles. The normalized spacial score (nSPS) is 10.8. The minimum absolute atomic E-state index is 0. The summed E-state index contributed by atoms with van der Waals surface area (Å²) < 4.78 is 55.9. The fourth-order valence-electron chi connectivity index (χ4n) is 0. The molecule has 0 rings (SSSR count). The van der Waals surface area contributed by atoms with Gasteiger partial charge in [-0.25, -0.2) is 10.5 Å². The van der Waals surface area contributed by atoms with Gasteiger partial charge in [0, 0.05) is 0 Å². The van der Waals surface area contributed by atoms with Crippen LogP contribution >= 0.6 is 0 Å². The molecule has 0 aromatic carbocycles. The molecule has 0 aromatic heterocycles. The fraction of sp³-hybridized carbons (Fsp3) is 0. The molecule has 0 fully saturated rings. The Hall–Kier alpha value is 1.30. The molecular weight excluding hydrogens is 263 g/mol. The van der Waals surface area contributed by atoms with Gasteiger partial charge in [0.1, 0.15) is 0 Å². The van der Waals surface area contributed by atoms with E-state index in [4.69, 9.17) is 36.5 Å². The van der Waals surface area contributed by atoms with Gasteiger partial charge in [0.15, 0.2) is 0 Å². The molecule has 0 saturated carbocycles. The van der Waals surface area contributed by atoms with Crippen molar-refractivity contribution >= 4 is 72.2 Å². The second-order valence-corrected chi connectivity index (χ2v) is 3.01. The SMILES string of the molecule is O=S(=O)(O)OO.O=S(=O)(O)OO.[KH]. The first-order valence-corrected chi connectivity index (χ1v) is 4.46. The summed E-state index contributed by atoms with van der Waals surface area (Å²) in [6.07, 6.45) is 0. The Labute approximate surface area is 116 Å². The van der Waals surface area contributed by atoms with E-state index in [9.17, 15) is 0 Å². The van der Waals surface area contributed by atoms with Crippen LogP contribution in [-0.4, -0.2) is 87.8 Å². The Kier molecular flexibility index (Phi) is 13.1. The van der Waals surface area contributed by atoms with Crippen LogP contribution in [0.25, 0.3) is 0 Å². The van der Waals surface area contributed by atoms with Gasteiger partial charge in [-0.3, -0.25) is 9.11 Å². The quantitative estimate of drug-likeness (QED) is 0.188. The first kappa shape index (κ1) is 19.8. The van der Waals surface area contributed by atoms with Crippen molar-refractivity contribution in [3.05, 3.63) is 0 Å². The van der Waals surface area contributed by atoms with Gasteiger partial charge in [-0.1, -0.05) is 8.67 Å². The summed E-state index contributed by atoms with van der Waals surface area (Å²) >= 11 is 0. The molecule has 0 aliphatic heterocycles. The molecule has 13 heteroatoms. The maximum absolute atomic E-state index is 9.08. The van der Waals surface area contributed by atoms with E-state index < -0.39 is 20.8 Å². The van der Waals surface area contributed by atoms with Gasteiger partial charge in [0.25, 0.3) is 0 Å². The first-order chi connectivity index (χ1) is 5.12. The van der Waals surface area contributed by atoms with Gasteiger partial charge in [-0.05, 0) is 0 Å². The molecule has 0 atom stereocenters. The first-order valence-electron chi connectivity index (χ1n) is 1.73. The van der Waals surface area contributed by atoms with E-state index in [1.54, 1.807) is 0 Å². The molecule has 0 unspecified atom stereocenters. The molecule has 78 valence electrons. The van der Waals surface area contributed by atoms with Crippen molar-refractivity contribution in [2.45, 2.75) is 0 Å². The van der Waals surface area contributed by atoms with Crippen LogP contribution in [-0.2, 0) is 29.5 Å². The second-order valence-electron chi connectivity index (χ2n) is 1.00. The third-order valence-corrected chi connectivity index (χ3v) is 0.565. The third kappa shape index (κ3) is 31.9. The summed E-state index contributed by atoms with van der Waals surface area (Å²) in [4.78, 5) is 0. The molecule has 4 N–H and O–H groups in total. The van der Waals surface area contributed by atoms with Crippen molar-refractivity contribution in [2.24, 2.45) is 0 Å². The van der Waals surface area contributed by atoms with E-state index in [1.807, 2.05) is 0 Å². The van der Waals surface area contributed by atoms with E-state index in [0.717, 1.165) is 0 Å². The van der Waals surface area contributed by atoms with Crippen LogP contribution in [0, 0.1) is 0 Å². The Bertz CT molecular complexity index is 249. The molecule has 13 heavy (non-hydrogen) atoms. The Morgan fingerprint density at radius 1 is 0.769 bits per heavy atom. The van der Waals surface area contributed by atoms with E-state index in [1.165, 1.54) is 0 Å². The van der Waals surface area contributed by atoms with Gasteiger partial charge in [0.05, 0.1) is 0 Å². The molecule has 0 amide bonds. The summed E-state index contributed by atoms with van der Waals surface area (Å²) in [7, 11) is -9.21. The van der Waals surface area contributed by atoms with Crippen molar-refractivity contribution in [3.8, 4) is 0 Å². The number of hydrogen-bond donors (Lipinski definition) is 4.